The van der Waals surface area contributed by atoms with E-state index in [2.05, 4.69) is 39.8 Å². The zero-order valence-electron chi connectivity index (χ0n) is 13.9. The number of aromatic nitrogens is 2. The second-order valence-electron chi connectivity index (χ2n) is 6.76. The maximum atomic E-state index is 4.86. The molecule has 2 fully saturated rings. The number of likely N-dealkylation sites (tertiary alicyclic amines) is 1. The van der Waals surface area contributed by atoms with Crippen LogP contribution in [0.1, 0.15) is 45.6 Å². The van der Waals surface area contributed by atoms with E-state index < -0.39 is 0 Å². The summed E-state index contributed by atoms with van der Waals surface area (Å²) in [6.45, 7) is 8.52. The SMILES string of the molecule is CCNC(=NCCC1CC1)N1CCC(C)C(n2ccnc2)C1. The van der Waals surface area contributed by atoms with Crippen LogP contribution in [-0.4, -0.2) is 46.6 Å². The van der Waals surface area contributed by atoms with Gasteiger partial charge in [-0.25, -0.2) is 4.98 Å². The van der Waals surface area contributed by atoms with Crippen LogP contribution in [0.4, 0.5) is 0 Å². The van der Waals surface area contributed by atoms with E-state index in [1.807, 2.05) is 12.5 Å². The molecule has 1 saturated carbocycles. The maximum absolute atomic E-state index is 4.86. The summed E-state index contributed by atoms with van der Waals surface area (Å²) < 4.78 is 2.25. The van der Waals surface area contributed by atoms with Gasteiger partial charge in [-0.15, -0.1) is 0 Å². The van der Waals surface area contributed by atoms with E-state index in [0.717, 1.165) is 38.1 Å². The van der Waals surface area contributed by atoms with Gasteiger partial charge in [-0.3, -0.25) is 4.99 Å². The van der Waals surface area contributed by atoms with Gasteiger partial charge in [0.25, 0.3) is 0 Å². The average molecular weight is 303 g/mol. The lowest BCUT2D eigenvalue weighted by Crippen LogP contribution is -2.49. The van der Waals surface area contributed by atoms with Gasteiger partial charge in [0.1, 0.15) is 0 Å². The molecular weight excluding hydrogens is 274 g/mol. The molecule has 0 radical (unpaired) electrons. The Bertz CT molecular complexity index is 477. The lowest BCUT2D eigenvalue weighted by Gasteiger charge is -2.39. The number of piperidine rings is 1. The van der Waals surface area contributed by atoms with Crippen LogP contribution in [0.3, 0.4) is 0 Å². The first-order valence-electron chi connectivity index (χ1n) is 8.78. The molecule has 5 heteroatoms. The van der Waals surface area contributed by atoms with Crippen LogP contribution in [0.25, 0.3) is 0 Å². The van der Waals surface area contributed by atoms with E-state index in [9.17, 15) is 0 Å². The Morgan fingerprint density at radius 1 is 1.36 bits per heavy atom. The molecule has 2 aliphatic rings. The maximum Gasteiger partial charge on any atom is 0.193 e. The van der Waals surface area contributed by atoms with Gasteiger partial charge >= 0.3 is 0 Å². The molecule has 22 heavy (non-hydrogen) atoms. The predicted octanol–water partition coefficient (Wildman–Crippen LogP) is 2.53. The summed E-state index contributed by atoms with van der Waals surface area (Å²) in [4.78, 5) is 11.5. The molecule has 1 aliphatic heterocycles. The second-order valence-corrected chi connectivity index (χ2v) is 6.76. The molecule has 0 amide bonds. The van der Waals surface area contributed by atoms with Crippen LogP contribution >= 0.6 is 0 Å². The molecular formula is C17H29N5. The van der Waals surface area contributed by atoms with Crippen LogP contribution < -0.4 is 5.32 Å². The fourth-order valence-corrected chi connectivity index (χ4v) is 3.28. The molecule has 3 rings (SSSR count). The summed E-state index contributed by atoms with van der Waals surface area (Å²) in [5.74, 6) is 2.73. The molecule has 1 N–H and O–H groups in total. The molecule has 1 aromatic rings. The summed E-state index contributed by atoms with van der Waals surface area (Å²) in [7, 11) is 0. The first-order chi connectivity index (χ1) is 10.8. The van der Waals surface area contributed by atoms with E-state index in [4.69, 9.17) is 4.99 Å². The number of hydrogen-bond acceptors (Lipinski definition) is 2. The summed E-state index contributed by atoms with van der Waals surface area (Å²) in [5.41, 5.74) is 0. The average Bonchev–Trinajstić information content (AvgIpc) is 3.18. The molecule has 0 bridgehead atoms. The van der Waals surface area contributed by atoms with Gasteiger partial charge in [-0.05, 0) is 31.6 Å². The second kappa shape index (κ2) is 7.16. The van der Waals surface area contributed by atoms with E-state index in [1.54, 1.807) is 0 Å². The van der Waals surface area contributed by atoms with E-state index in [1.165, 1.54) is 25.7 Å². The minimum absolute atomic E-state index is 0.489. The molecule has 122 valence electrons. The van der Waals surface area contributed by atoms with Crippen molar-refractivity contribution in [2.75, 3.05) is 26.2 Å². The van der Waals surface area contributed by atoms with Crippen LogP contribution in [0.15, 0.2) is 23.7 Å². The number of hydrogen-bond donors (Lipinski definition) is 1. The minimum atomic E-state index is 0.489. The fraction of sp³-hybridized carbons (Fsp3) is 0.765. The number of imidazole rings is 1. The molecule has 2 atom stereocenters. The standard InChI is InChI=1S/C17H29N5/c1-3-19-17(20-8-6-15-4-5-15)21-10-7-14(2)16(12-21)22-11-9-18-13-22/h9,11,13-16H,3-8,10,12H2,1-2H3,(H,19,20). The molecule has 0 spiro atoms. The first-order valence-corrected chi connectivity index (χ1v) is 8.78. The Morgan fingerprint density at radius 2 is 2.23 bits per heavy atom. The molecule has 2 unspecified atom stereocenters. The summed E-state index contributed by atoms with van der Waals surface area (Å²) in [6.07, 6.45) is 11.2. The van der Waals surface area contributed by atoms with Gasteiger partial charge in [0.2, 0.25) is 0 Å². The molecule has 1 aromatic heterocycles. The molecule has 1 aliphatic carbocycles. The smallest absolute Gasteiger partial charge is 0.193 e. The molecule has 5 nitrogen and oxygen atoms in total. The highest BCUT2D eigenvalue weighted by Gasteiger charge is 2.29. The van der Waals surface area contributed by atoms with E-state index in [0.29, 0.717) is 12.0 Å². The zero-order valence-corrected chi connectivity index (χ0v) is 13.9. The van der Waals surface area contributed by atoms with Crippen LogP contribution in [-0.2, 0) is 0 Å². The van der Waals surface area contributed by atoms with Crippen LogP contribution in [0.5, 0.6) is 0 Å². The third kappa shape index (κ3) is 3.81. The Kier molecular flexibility index (Phi) is 5.01. The third-order valence-corrected chi connectivity index (χ3v) is 4.96. The van der Waals surface area contributed by atoms with Crippen molar-refractivity contribution in [3.63, 3.8) is 0 Å². The molecule has 2 heterocycles. The highest BCUT2D eigenvalue weighted by molar-refractivity contribution is 5.80. The van der Waals surface area contributed by atoms with Crippen molar-refractivity contribution in [2.24, 2.45) is 16.8 Å². The normalized spacial score (nSPS) is 26.3. The number of nitrogens with zero attached hydrogens (tertiary/aromatic N) is 4. The summed E-state index contributed by atoms with van der Waals surface area (Å²) in [6, 6.07) is 0.489. The number of aliphatic imine (C=N–C) groups is 1. The van der Waals surface area contributed by atoms with Gasteiger partial charge in [0, 0.05) is 38.6 Å². The van der Waals surface area contributed by atoms with Crippen molar-refractivity contribution in [2.45, 2.75) is 45.6 Å². The number of rotatable bonds is 5. The van der Waals surface area contributed by atoms with E-state index in [-0.39, 0.29) is 0 Å². The highest BCUT2D eigenvalue weighted by atomic mass is 15.3. The monoisotopic (exact) mass is 303 g/mol. The lowest BCUT2D eigenvalue weighted by molar-refractivity contribution is 0.189. The fourth-order valence-electron chi connectivity index (χ4n) is 3.28. The highest BCUT2D eigenvalue weighted by Crippen LogP contribution is 2.32. The van der Waals surface area contributed by atoms with Gasteiger partial charge < -0.3 is 14.8 Å². The predicted molar refractivity (Wildman–Crippen MR) is 89.9 cm³/mol. The number of guanidine groups is 1. The van der Waals surface area contributed by atoms with Crippen molar-refractivity contribution in [1.29, 1.82) is 0 Å². The van der Waals surface area contributed by atoms with Crippen LogP contribution in [0, 0.1) is 11.8 Å². The zero-order chi connectivity index (χ0) is 15.4. The first kappa shape index (κ1) is 15.4. The van der Waals surface area contributed by atoms with Crippen molar-refractivity contribution in [1.82, 2.24) is 19.8 Å². The topological polar surface area (TPSA) is 45.5 Å². The third-order valence-electron chi connectivity index (χ3n) is 4.96. The Morgan fingerprint density at radius 3 is 2.91 bits per heavy atom. The van der Waals surface area contributed by atoms with Crippen LogP contribution in [0.2, 0.25) is 0 Å². The molecule has 1 saturated heterocycles. The van der Waals surface area contributed by atoms with Crippen molar-refractivity contribution in [3.8, 4) is 0 Å². The van der Waals surface area contributed by atoms with Crippen molar-refractivity contribution >= 4 is 5.96 Å². The van der Waals surface area contributed by atoms with Gasteiger partial charge in [0.05, 0.1) is 12.4 Å². The molecule has 0 aromatic carbocycles. The summed E-state index contributed by atoms with van der Waals surface area (Å²) in [5, 5.41) is 3.48. The Labute approximate surface area is 133 Å². The Hall–Kier alpha value is -1.52. The van der Waals surface area contributed by atoms with Gasteiger partial charge in [-0.1, -0.05) is 19.8 Å². The van der Waals surface area contributed by atoms with Gasteiger partial charge in [0.15, 0.2) is 5.96 Å². The largest absolute Gasteiger partial charge is 0.357 e. The lowest BCUT2D eigenvalue weighted by atomic mass is 9.93. The quantitative estimate of drug-likeness (QED) is 0.671. The van der Waals surface area contributed by atoms with Gasteiger partial charge in [-0.2, -0.15) is 0 Å². The Balaban J connectivity index is 1.64. The van der Waals surface area contributed by atoms with Crippen molar-refractivity contribution < 1.29 is 0 Å². The van der Waals surface area contributed by atoms with E-state index >= 15 is 0 Å². The summed E-state index contributed by atoms with van der Waals surface area (Å²) >= 11 is 0. The number of nitrogens with one attached hydrogen (secondary N) is 1. The van der Waals surface area contributed by atoms with Crippen molar-refractivity contribution in [3.05, 3.63) is 18.7 Å². The minimum Gasteiger partial charge on any atom is -0.357 e.